The van der Waals surface area contributed by atoms with Crippen molar-refractivity contribution in [2.75, 3.05) is 18.9 Å². The molecule has 6 rings (SSSR count). The molecule has 0 unspecified atom stereocenters. The number of carbonyl (C=O) groups excluding carboxylic acids is 4. The highest BCUT2D eigenvalue weighted by molar-refractivity contribution is 7.91. The number of halogens is 3. The quantitative estimate of drug-likeness (QED) is 0.308. The van der Waals surface area contributed by atoms with Gasteiger partial charge in [0.1, 0.15) is 16.7 Å². The van der Waals surface area contributed by atoms with Crippen molar-refractivity contribution in [2.24, 2.45) is 17.8 Å². The lowest BCUT2D eigenvalue weighted by Crippen LogP contribution is -2.54. The molecule has 1 aromatic carbocycles. The maximum atomic E-state index is 14.0. The monoisotopic (exact) mass is 765 g/mol. The summed E-state index contributed by atoms with van der Waals surface area (Å²) in [6.45, 7) is 4.33. The Balaban J connectivity index is 1.22. The molecule has 2 aromatic rings. The van der Waals surface area contributed by atoms with Crippen molar-refractivity contribution in [3.63, 3.8) is 0 Å². The van der Waals surface area contributed by atoms with Crippen molar-refractivity contribution in [1.29, 1.82) is 0 Å². The summed E-state index contributed by atoms with van der Waals surface area (Å²) in [4.78, 5) is 61.3. The summed E-state index contributed by atoms with van der Waals surface area (Å²) in [5, 5.41) is 4.96. The van der Waals surface area contributed by atoms with E-state index in [0.717, 1.165) is 23.4 Å². The first-order valence-electron chi connectivity index (χ1n) is 17.4. The average Bonchev–Trinajstić information content (AvgIpc) is 3.94. The first kappa shape index (κ1) is 37.8. The van der Waals surface area contributed by atoms with E-state index in [4.69, 9.17) is 4.74 Å². The van der Waals surface area contributed by atoms with Gasteiger partial charge in [-0.25, -0.2) is 18.2 Å². The van der Waals surface area contributed by atoms with Gasteiger partial charge in [0.2, 0.25) is 21.8 Å². The molecule has 4 aliphatic rings. The number of alkyl halides is 3. The minimum atomic E-state index is -4.69. The minimum Gasteiger partial charge on any atom is -0.446 e. The summed E-state index contributed by atoms with van der Waals surface area (Å²) in [6.07, 6.45) is 1.57. The summed E-state index contributed by atoms with van der Waals surface area (Å²) in [6, 6.07) is 2.95. The van der Waals surface area contributed by atoms with Crippen LogP contribution in [0.15, 0.2) is 36.5 Å². The fourth-order valence-corrected chi connectivity index (χ4v) is 9.19. The molecule has 1 aliphatic heterocycles. The number of amides is 4. The van der Waals surface area contributed by atoms with Crippen LogP contribution in [-0.4, -0.2) is 72.6 Å². The van der Waals surface area contributed by atoms with Crippen molar-refractivity contribution in [3.8, 4) is 10.6 Å². The van der Waals surface area contributed by atoms with Crippen molar-refractivity contribution in [3.05, 3.63) is 47.0 Å². The molecule has 0 spiro atoms. The number of thiazole rings is 1. The molecule has 52 heavy (non-hydrogen) atoms. The number of anilines is 1. The van der Waals surface area contributed by atoms with Crippen LogP contribution in [0.5, 0.6) is 0 Å². The van der Waals surface area contributed by atoms with Crippen LogP contribution in [0.2, 0.25) is 0 Å². The number of ether oxygens (including phenoxy) is 1. The predicted octanol–water partition coefficient (Wildman–Crippen LogP) is 5.58. The smallest absolute Gasteiger partial charge is 0.416 e. The number of allylic oxidation sites excluding steroid dienone is 1. The Labute approximate surface area is 304 Å². The Bertz CT molecular complexity index is 1880. The van der Waals surface area contributed by atoms with Gasteiger partial charge in [-0.1, -0.05) is 26.0 Å². The second-order valence-electron chi connectivity index (χ2n) is 14.4. The summed E-state index contributed by atoms with van der Waals surface area (Å²) >= 11 is 1.28. The van der Waals surface area contributed by atoms with E-state index >= 15 is 0 Å². The second kappa shape index (κ2) is 14.4. The van der Waals surface area contributed by atoms with Gasteiger partial charge in [0.05, 0.1) is 28.3 Å². The van der Waals surface area contributed by atoms with E-state index in [1.54, 1.807) is 13.2 Å². The molecule has 1 aromatic heterocycles. The first-order chi connectivity index (χ1) is 24.5. The van der Waals surface area contributed by atoms with Gasteiger partial charge in [-0.15, -0.1) is 11.3 Å². The van der Waals surface area contributed by atoms with Crippen LogP contribution in [0.1, 0.15) is 81.6 Å². The molecule has 3 aliphatic carbocycles. The van der Waals surface area contributed by atoms with Gasteiger partial charge in [0, 0.05) is 36.1 Å². The molecule has 3 N–H and O–H groups in total. The Morgan fingerprint density at radius 3 is 2.54 bits per heavy atom. The van der Waals surface area contributed by atoms with Gasteiger partial charge in [0.15, 0.2) is 0 Å². The SMILES string of the molecule is CC(C)c1cnc(-c2ccc(C(F)(F)F)cc2NC(=O)O[C@@H]2C[C@H]3C(=O)N[C@]4(C(=O)NS(=O)(=O)C5CC5)C[C@@H]4/C=C\CCCCN(C)C(=O)[C@@H]3C2)s1. The lowest BCUT2D eigenvalue weighted by molar-refractivity contribution is -0.140. The van der Waals surface area contributed by atoms with Crippen LogP contribution >= 0.6 is 11.3 Å². The van der Waals surface area contributed by atoms with Crippen molar-refractivity contribution < 1.29 is 45.5 Å². The lowest BCUT2D eigenvalue weighted by Gasteiger charge is -2.26. The molecule has 3 saturated carbocycles. The molecule has 17 heteroatoms. The maximum Gasteiger partial charge on any atom is 0.416 e. The van der Waals surface area contributed by atoms with Crippen LogP contribution in [0, 0.1) is 17.8 Å². The Morgan fingerprint density at radius 2 is 1.87 bits per heavy atom. The van der Waals surface area contributed by atoms with E-state index in [-0.39, 0.29) is 42.3 Å². The summed E-state index contributed by atoms with van der Waals surface area (Å²) < 4.78 is 74.3. The predicted molar refractivity (Wildman–Crippen MR) is 186 cm³/mol. The maximum absolute atomic E-state index is 14.0. The van der Waals surface area contributed by atoms with Crippen LogP contribution in [-0.2, 0) is 35.3 Å². The number of aromatic nitrogens is 1. The van der Waals surface area contributed by atoms with E-state index < -0.39 is 74.3 Å². The van der Waals surface area contributed by atoms with Crippen molar-refractivity contribution >= 4 is 50.9 Å². The number of nitrogens with one attached hydrogen (secondary N) is 3. The van der Waals surface area contributed by atoms with E-state index in [1.807, 2.05) is 26.0 Å². The van der Waals surface area contributed by atoms with Gasteiger partial charge >= 0.3 is 12.3 Å². The topological polar surface area (TPSA) is 164 Å². The van der Waals surface area contributed by atoms with E-state index in [0.29, 0.717) is 37.2 Å². The van der Waals surface area contributed by atoms with Gasteiger partial charge in [-0.3, -0.25) is 24.4 Å². The fraction of sp³-hybridized carbons (Fsp3) is 0.571. The normalized spacial score (nSPS) is 27.6. The number of rotatable bonds is 7. The zero-order valence-electron chi connectivity index (χ0n) is 29.0. The summed E-state index contributed by atoms with van der Waals surface area (Å²) in [5.74, 6) is -4.17. The molecule has 3 fully saturated rings. The van der Waals surface area contributed by atoms with Crippen LogP contribution < -0.4 is 15.4 Å². The van der Waals surface area contributed by atoms with Gasteiger partial charge in [-0.2, -0.15) is 13.2 Å². The van der Waals surface area contributed by atoms with Crippen LogP contribution in [0.4, 0.5) is 23.7 Å². The molecular formula is C35H42F3N5O7S2. The fourth-order valence-electron chi connectivity index (χ4n) is 6.87. The molecule has 5 atom stereocenters. The number of fused-ring (bicyclic) bond motifs is 2. The van der Waals surface area contributed by atoms with Crippen molar-refractivity contribution in [1.82, 2.24) is 19.9 Å². The Kier molecular flexibility index (Phi) is 10.5. The van der Waals surface area contributed by atoms with Crippen LogP contribution in [0.3, 0.4) is 0 Å². The largest absolute Gasteiger partial charge is 0.446 e. The number of hydrogen-bond donors (Lipinski definition) is 3. The number of carbonyl (C=O) groups is 4. The molecule has 4 amide bonds. The molecule has 0 saturated heterocycles. The molecule has 2 heterocycles. The average molecular weight is 766 g/mol. The molecule has 0 bridgehead atoms. The summed E-state index contributed by atoms with van der Waals surface area (Å²) in [5.41, 5.74) is -2.42. The highest BCUT2D eigenvalue weighted by Crippen LogP contribution is 2.47. The third-order valence-corrected chi connectivity index (χ3v) is 13.3. The van der Waals surface area contributed by atoms with E-state index in [2.05, 4.69) is 20.3 Å². The Morgan fingerprint density at radius 1 is 1.13 bits per heavy atom. The van der Waals surface area contributed by atoms with Gasteiger partial charge < -0.3 is 15.0 Å². The van der Waals surface area contributed by atoms with E-state index in [9.17, 15) is 40.8 Å². The number of hydrogen-bond acceptors (Lipinski definition) is 9. The minimum absolute atomic E-state index is 0.0487. The second-order valence-corrected chi connectivity index (χ2v) is 17.5. The van der Waals surface area contributed by atoms with Crippen molar-refractivity contribution in [2.45, 2.75) is 94.2 Å². The zero-order valence-corrected chi connectivity index (χ0v) is 30.6. The molecule has 282 valence electrons. The highest BCUT2D eigenvalue weighted by Gasteiger charge is 2.62. The molecule has 12 nitrogen and oxygen atoms in total. The first-order valence-corrected chi connectivity index (χ1v) is 19.8. The highest BCUT2D eigenvalue weighted by atomic mass is 32.2. The third kappa shape index (κ3) is 8.14. The van der Waals surface area contributed by atoms with Gasteiger partial charge in [0.25, 0.3) is 5.91 Å². The number of nitrogens with zero attached hydrogens (tertiary/aromatic N) is 2. The Hall–Kier alpha value is -3.99. The molecule has 0 radical (unpaired) electrons. The van der Waals surface area contributed by atoms with E-state index in [1.165, 1.54) is 22.3 Å². The molecular weight excluding hydrogens is 724 g/mol. The lowest BCUT2D eigenvalue weighted by atomic mass is 9.93. The zero-order chi connectivity index (χ0) is 37.6. The third-order valence-electron chi connectivity index (χ3n) is 10.2. The summed E-state index contributed by atoms with van der Waals surface area (Å²) in [7, 11) is -2.29. The standard InChI is InChI=1S/C35H42F3N5O7S2/c1-19(2)28-18-39-30(51-28)24-12-9-20(35(36,37)38)14-27(24)40-33(47)50-22-15-25-26(16-22)31(45)43(3)13-7-5-4-6-8-21-17-34(21,41-29(25)44)32(46)42-52(48,49)23-10-11-23/h6,8-9,12,14,18-19,21-23,25-26H,4-5,7,10-11,13,15-17H2,1-3H3,(H,40,47)(H,41,44)(H,42,46)/b8-6-/t21-,22+,25+,26+,34+/m0/s1. The number of sulfonamides is 1. The van der Waals surface area contributed by atoms with Crippen LogP contribution in [0.25, 0.3) is 10.6 Å². The number of benzene rings is 1. The van der Waals surface area contributed by atoms with Gasteiger partial charge in [-0.05, 0) is 75.5 Å².